The highest BCUT2D eigenvalue weighted by Crippen LogP contribution is 2.11. The first-order valence-corrected chi connectivity index (χ1v) is 8.06. The SMILES string of the molecule is CC(CNC(=O)c1cccc(-n2cnnn2)c1)CN1CCCC1. The van der Waals surface area contributed by atoms with Gasteiger partial charge in [-0.2, -0.15) is 0 Å². The van der Waals surface area contributed by atoms with Gasteiger partial charge < -0.3 is 10.2 Å². The van der Waals surface area contributed by atoms with E-state index in [0.29, 0.717) is 18.0 Å². The summed E-state index contributed by atoms with van der Waals surface area (Å²) in [5.74, 6) is 0.382. The van der Waals surface area contributed by atoms with Gasteiger partial charge in [-0.25, -0.2) is 4.68 Å². The molecule has 0 bridgehead atoms. The Morgan fingerprint density at radius 3 is 2.91 bits per heavy atom. The van der Waals surface area contributed by atoms with Crippen LogP contribution in [0.2, 0.25) is 0 Å². The van der Waals surface area contributed by atoms with Gasteiger partial charge in [0.1, 0.15) is 6.33 Å². The molecule has 3 rings (SSSR count). The van der Waals surface area contributed by atoms with Gasteiger partial charge in [0.05, 0.1) is 5.69 Å². The van der Waals surface area contributed by atoms with Gasteiger partial charge in [0.2, 0.25) is 0 Å². The highest BCUT2D eigenvalue weighted by Gasteiger charge is 2.15. The summed E-state index contributed by atoms with van der Waals surface area (Å²) < 4.78 is 1.53. The van der Waals surface area contributed by atoms with E-state index in [4.69, 9.17) is 0 Å². The molecule has 1 unspecified atom stereocenters. The molecule has 23 heavy (non-hydrogen) atoms. The van der Waals surface area contributed by atoms with Gasteiger partial charge >= 0.3 is 0 Å². The van der Waals surface area contributed by atoms with Gasteiger partial charge in [0.25, 0.3) is 5.91 Å². The minimum Gasteiger partial charge on any atom is -0.352 e. The summed E-state index contributed by atoms with van der Waals surface area (Å²) in [5.41, 5.74) is 1.39. The third-order valence-electron chi connectivity index (χ3n) is 4.10. The Bertz CT molecular complexity index is 636. The maximum atomic E-state index is 12.3. The van der Waals surface area contributed by atoms with Crippen LogP contribution >= 0.6 is 0 Å². The molecule has 0 aliphatic carbocycles. The van der Waals surface area contributed by atoms with Crippen LogP contribution in [0.15, 0.2) is 30.6 Å². The summed E-state index contributed by atoms with van der Waals surface area (Å²) in [5, 5.41) is 14.1. The van der Waals surface area contributed by atoms with Crippen molar-refractivity contribution >= 4 is 5.91 Å². The van der Waals surface area contributed by atoms with Gasteiger partial charge in [-0.05, 0) is 60.5 Å². The summed E-state index contributed by atoms with van der Waals surface area (Å²) in [6, 6.07) is 7.29. The van der Waals surface area contributed by atoms with E-state index in [1.165, 1.54) is 36.9 Å². The van der Waals surface area contributed by atoms with E-state index < -0.39 is 0 Å². The largest absolute Gasteiger partial charge is 0.352 e. The van der Waals surface area contributed by atoms with Crippen molar-refractivity contribution in [2.45, 2.75) is 19.8 Å². The predicted octanol–water partition coefficient (Wildman–Crippen LogP) is 1.12. The number of carbonyl (C=O) groups excluding carboxylic acids is 1. The smallest absolute Gasteiger partial charge is 0.251 e. The molecule has 2 aromatic rings. The molecule has 2 heterocycles. The van der Waals surface area contributed by atoms with Gasteiger partial charge in [-0.15, -0.1) is 5.10 Å². The number of rotatable bonds is 6. The summed E-state index contributed by atoms with van der Waals surface area (Å²) in [7, 11) is 0. The summed E-state index contributed by atoms with van der Waals surface area (Å²) in [6.45, 7) is 6.28. The van der Waals surface area contributed by atoms with Gasteiger partial charge in [0.15, 0.2) is 0 Å². The molecule has 1 aliphatic heterocycles. The van der Waals surface area contributed by atoms with Crippen molar-refractivity contribution in [2.75, 3.05) is 26.2 Å². The number of nitrogens with one attached hydrogen (secondary N) is 1. The van der Waals surface area contributed by atoms with Gasteiger partial charge in [0, 0.05) is 18.7 Å². The first-order valence-electron chi connectivity index (χ1n) is 8.06. The molecule has 1 fully saturated rings. The maximum Gasteiger partial charge on any atom is 0.251 e. The van der Waals surface area contributed by atoms with Crippen LogP contribution in [-0.2, 0) is 0 Å². The second kappa shape index (κ2) is 7.32. The summed E-state index contributed by atoms with van der Waals surface area (Å²) >= 11 is 0. The molecule has 7 heteroatoms. The first-order chi connectivity index (χ1) is 11.2. The minimum absolute atomic E-state index is 0.0619. The zero-order chi connectivity index (χ0) is 16.1. The quantitative estimate of drug-likeness (QED) is 0.865. The standard InChI is InChI=1S/C16H22N6O/c1-13(11-21-7-2-3-8-21)10-17-16(23)14-5-4-6-15(9-14)22-12-18-19-20-22/h4-6,9,12-13H,2-3,7-8,10-11H2,1H3,(H,17,23). The number of nitrogens with zero attached hydrogens (tertiary/aromatic N) is 5. The molecule has 1 amide bonds. The molecule has 0 radical (unpaired) electrons. The fourth-order valence-electron chi connectivity index (χ4n) is 2.91. The highest BCUT2D eigenvalue weighted by molar-refractivity contribution is 5.94. The molecular weight excluding hydrogens is 292 g/mol. The molecule has 1 saturated heterocycles. The van der Waals surface area contributed by atoms with Crippen molar-refractivity contribution in [1.29, 1.82) is 0 Å². The molecule has 1 N–H and O–H groups in total. The van der Waals surface area contributed by atoms with E-state index in [1.54, 1.807) is 12.1 Å². The van der Waals surface area contributed by atoms with Crippen LogP contribution < -0.4 is 5.32 Å². The van der Waals surface area contributed by atoms with E-state index in [1.807, 2.05) is 12.1 Å². The Morgan fingerprint density at radius 1 is 1.35 bits per heavy atom. The van der Waals surface area contributed by atoms with E-state index in [0.717, 1.165) is 12.2 Å². The number of amides is 1. The lowest BCUT2D eigenvalue weighted by atomic mass is 10.1. The normalized spacial score (nSPS) is 16.4. The Hall–Kier alpha value is -2.28. The third kappa shape index (κ3) is 4.13. The molecule has 1 atom stereocenters. The Morgan fingerprint density at radius 2 is 2.17 bits per heavy atom. The number of likely N-dealkylation sites (tertiary alicyclic amines) is 1. The average Bonchev–Trinajstić information content (AvgIpc) is 3.26. The molecule has 7 nitrogen and oxygen atoms in total. The molecule has 1 aromatic carbocycles. The number of hydrogen-bond donors (Lipinski definition) is 1. The molecule has 122 valence electrons. The fourth-order valence-corrected chi connectivity index (χ4v) is 2.91. The Labute approximate surface area is 135 Å². The van der Waals surface area contributed by atoms with Crippen LogP contribution in [0.4, 0.5) is 0 Å². The highest BCUT2D eigenvalue weighted by atomic mass is 16.1. The molecule has 1 aromatic heterocycles. The van der Waals surface area contributed by atoms with Crippen molar-refractivity contribution in [2.24, 2.45) is 5.92 Å². The van der Waals surface area contributed by atoms with Crippen LogP contribution in [0.1, 0.15) is 30.1 Å². The monoisotopic (exact) mass is 314 g/mol. The lowest BCUT2D eigenvalue weighted by Gasteiger charge is -2.20. The van der Waals surface area contributed by atoms with Crippen molar-refractivity contribution in [3.05, 3.63) is 36.2 Å². The van der Waals surface area contributed by atoms with Crippen LogP contribution in [-0.4, -0.2) is 57.2 Å². The zero-order valence-corrected chi connectivity index (χ0v) is 13.4. The average molecular weight is 314 g/mol. The second-order valence-electron chi connectivity index (χ2n) is 6.13. The topological polar surface area (TPSA) is 75.9 Å². The number of carbonyl (C=O) groups is 1. The van der Waals surface area contributed by atoms with Crippen LogP contribution in [0.25, 0.3) is 5.69 Å². The van der Waals surface area contributed by atoms with Gasteiger partial charge in [-0.3, -0.25) is 4.79 Å². The van der Waals surface area contributed by atoms with Crippen molar-refractivity contribution < 1.29 is 4.79 Å². The van der Waals surface area contributed by atoms with E-state index >= 15 is 0 Å². The van der Waals surface area contributed by atoms with Gasteiger partial charge in [-0.1, -0.05) is 13.0 Å². The fraction of sp³-hybridized carbons (Fsp3) is 0.500. The number of aromatic nitrogens is 4. The van der Waals surface area contributed by atoms with Crippen LogP contribution in [0.5, 0.6) is 0 Å². The molecule has 1 aliphatic rings. The van der Waals surface area contributed by atoms with E-state index in [9.17, 15) is 4.79 Å². The summed E-state index contributed by atoms with van der Waals surface area (Å²) in [4.78, 5) is 14.8. The van der Waals surface area contributed by atoms with Crippen molar-refractivity contribution in [3.8, 4) is 5.69 Å². The van der Waals surface area contributed by atoms with Crippen molar-refractivity contribution in [3.63, 3.8) is 0 Å². The Balaban J connectivity index is 1.54. The van der Waals surface area contributed by atoms with E-state index in [2.05, 4.69) is 32.7 Å². The number of tetrazole rings is 1. The predicted molar refractivity (Wildman–Crippen MR) is 86.3 cm³/mol. The van der Waals surface area contributed by atoms with Crippen LogP contribution in [0.3, 0.4) is 0 Å². The number of hydrogen-bond acceptors (Lipinski definition) is 5. The second-order valence-corrected chi connectivity index (χ2v) is 6.13. The number of benzene rings is 1. The maximum absolute atomic E-state index is 12.3. The molecular formula is C16H22N6O. The lowest BCUT2D eigenvalue weighted by Crippen LogP contribution is -2.34. The minimum atomic E-state index is -0.0619. The van der Waals surface area contributed by atoms with Crippen LogP contribution in [0, 0.1) is 5.92 Å². The molecule has 0 spiro atoms. The van der Waals surface area contributed by atoms with Crippen molar-refractivity contribution in [1.82, 2.24) is 30.4 Å². The first kappa shape index (κ1) is 15.6. The zero-order valence-electron chi connectivity index (χ0n) is 13.4. The Kier molecular flexibility index (Phi) is 4.97. The third-order valence-corrected chi connectivity index (χ3v) is 4.10. The lowest BCUT2D eigenvalue weighted by molar-refractivity contribution is 0.0945. The summed E-state index contributed by atoms with van der Waals surface area (Å²) in [6.07, 6.45) is 4.10. The molecule has 0 saturated carbocycles. The van der Waals surface area contributed by atoms with E-state index in [-0.39, 0.29) is 5.91 Å².